The first kappa shape index (κ1) is 11.2. The number of nitrogens with two attached hydrogens (primary N) is 1. The van der Waals surface area contributed by atoms with Crippen molar-refractivity contribution in [2.45, 2.75) is 25.5 Å². The molecule has 1 aromatic carbocycles. The Morgan fingerprint density at radius 3 is 2.89 bits per heavy atom. The lowest BCUT2D eigenvalue weighted by atomic mass is 10.1. The Balaban J connectivity index is 1.71. The minimum Gasteiger partial charge on any atom is -0.489 e. The molecule has 0 saturated heterocycles. The van der Waals surface area contributed by atoms with Crippen molar-refractivity contribution in [2.75, 3.05) is 0 Å². The van der Waals surface area contributed by atoms with Gasteiger partial charge in [0.05, 0.1) is 0 Å². The van der Waals surface area contributed by atoms with E-state index in [1.165, 1.54) is 11.1 Å². The molecular weight excluding hydrogens is 224 g/mol. The highest BCUT2D eigenvalue weighted by Gasteiger charge is 2.18. The van der Waals surface area contributed by atoms with Crippen LogP contribution in [0.15, 0.2) is 42.7 Å². The summed E-state index contributed by atoms with van der Waals surface area (Å²) < 4.78 is 5.78. The molecule has 0 aliphatic heterocycles. The van der Waals surface area contributed by atoms with Crippen LogP contribution in [0.1, 0.15) is 29.2 Å². The standard InChI is InChI=1S/C15H16N2O/c16-15-4-1-12-9-13(2-3-14(12)15)18-10-11-5-7-17-8-6-11/h2-3,5-9,15H,1,4,10,16H2/t15-/m1/s1. The molecule has 0 spiro atoms. The Bertz CT molecular complexity index is 539. The van der Waals surface area contributed by atoms with Crippen LogP contribution in [0.2, 0.25) is 0 Å². The second-order valence-electron chi connectivity index (χ2n) is 4.65. The molecule has 0 saturated carbocycles. The second-order valence-corrected chi connectivity index (χ2v) is 4.65. The van der Waals surface area contributed by atoms with Gasteiger partial charge in [0, 0.05) is 18.4 Å². The molecule has 0 bridgehead atoms. The topological polar surface area (TPSA) is 48.1 Å². The first-order chi connectivity index (χ1) is 8.83. The molecule has 0 unspecified atom stereocenters. The smallest absolute Gasteiger partial charge is 0.120 e. The predicted octanol–water partition coefficient (Wildman–Crippen LogP) is 2.61. The van der Waals surface area contributed by atoms with Crippen LogP contribution in [0.4, 0.5) is 0 Å². The largest absolute Gasteiger partial charge is 0.489 e. The van der Waals surface area contributed by atoms with E-state index in [2.05, 4.69) is 17.1 Å². The fraction of sp³-hybridized carbons (Fsp3) is 0.267. The molecule has 2 N–H and O–H groups in total. The Hall–Kier alpha value is -1.87. The molecule has 3 rings (SSSR count). The summed E-state index contributed by atoms with van der Waals surface area (Å²) in [5, 5.41) is 0. The van der Waals surface area contributed by atoms with Crippen molar-refractivity contribution in [1.29, 1.82) is 0 Å². The van der Waals surface area contributed by atoms with E-state index < -0.39 is 0 Å². The van der Waals surface area contributed by atoms with Crippen molar-refractivity contribution in [2.24, 2.45) is 5.73 Å². The van der Waals surface area contributed by atoms with Crippen LogP contribution in [-0.2, 0) is 13.0 Å². The number of aromatic nitrogens is 1. The summed E-state index contributed by atoms with van der Waals surface area (Å²) in [5.74, 6) is 0.916. The molecule has 1 aromatic heterocycles. The normalized spacial score (nSPS) is 17.5. The summed E-state index contributed by atoms with van der Waals surface area (Å²) in [6.07, 6.45) is 5.66. The maximum absolute atomic E-state index is 6.01. The summed E-state index contributed by atoms with van der Waals surface area (Å²) in [7, 11) is 0. The first-order valence-electron chi connectivity index (χ1n) is 6.23. The van der Waals surface area contributed by atoms with Gasteiger partial charge >= 0.3 is 0 Å². The number of hydrogen-bond acceptors (Lipinski definition) is 3. The number of benzene rings is 1. The number of pyridine rings is 1. The van der Waals surface area contributed by atoms with Crippen LogP contribution in [0.5, 0.6) is 5.75 Å². The van der Waals surface area contributed by atoms with Crippen molar-refractivity contribution in [1.82, 2.24) is 4.98 Å². The van der Waals surface area contributed by atoms with E-state index in [1.54, 1.807) is 12.4 Å². The first-order valence-corrected chi connectivity index (χ1v) is 6.23. The average molecular weight is 240 g/mol. The molecule has 0 radical (unpaired) electrons. The summed E-state index contributed by atoms with van der Waals surface area (Å²) in [5.41, 5.74) is 9.74. The number of ether oxygens (including phenoxy) is 1. The van der Waals surface area contributed by atoms with Gasteiger partial charge in [-0.3, -0.25) is 4.98 Å². The van der Waals surface area contributed by atoms with Crippen LogP contribution in [-0.4, -0.2) is 4.98 Å². The van der Waals surface area contributed by atoms with Gasteiger partial charge in [-0.2, -0.15) is 0 Å². The molecule has 1 aliphatic rings. The molecule has 1 atom stereocenters. The second kappa shape index (κ2) is 4.78. The van der Waals surface area contributed by atoms with Gasteiger partial charge in [-0.1, -0.05) is 6.07 Å². The molecule has 2 aromatic rings. The number of nitrogens with zero attached hydrogens (tertiary/aromatic N) is 1. The van der Waals surface area contributed by atoms with E-state index in [9.17, 15) is 0 Å². The average Bonchev–Trinajstić information content (AvgIpc) is 2.79. The van der Waals surface area contributed by atoms with Crippen molar-refractivity contribution >= 4 is 0 Å². The Labute approximate surface area is 107 Å². The zero-order valence-corrected chi connectivity index (χ0v) is 10.2. The molecular formula is C15H16N2O. The number of fused-ring (bicyclic) bond motifs is 1. The fourth-order valence-electron chi connectivity index (χ4n) is 2.36. The van der Waals surface area contributed by atoms with Crippen molar-refractivity contribution in [3.05, 3.63) is 59.4 Å². The lowest BCUT2D eigenvalue weighted by Gasteiger charge is -2.09. The van der Waals surface area contributed by atoms with Crippen molar-refractivity contribution < 1.29 is 4.74 Å². The van der Waals surface area contributed by atoms with Gasteiger partial charge in [0.2, 0.25) is 0 Å². The summed E-state index contributed by atoms with van der Waals surface area (Å²) in [6.45, 7) is 0.577. The Morgan fingerprint density at radius 2 is 2.06 bits per heavy atom. The van der Waals surface area contributed by atoms with E-state index in [4.69, 9.17) is 10.5 Å². The third-order valence-electron chi connectivity index (χ3n) is 3.39. The molecule has 0 fully saturated rings. The number of hydrogen-bond donors (Lipinski definition) is 1. The van der Waals surface area contributed by atoms with Crippen molar-refractivity contribution in [3.63, 3.8) is 0 Å². The molecule has 0 amide bonds. The summed E-state index contributed by atoms with van der Waals surface area (Å²) in [6, 6.07) is 10.3. The molecule has 3 nitrogen and oxygen atoms in total. The third kappa shape index (κ3) is 2.22. The van der Waals surface area contributed by atoms with E-state index in [0.717, 1.165) is 24.2 Å². The minimum absolute atomic E-state index is 0.203. The molecule has 92 valence electrons. The Kier molecular flexibility index (Phi) is 2.99. The highest BCUT2D eigenvalue weighted by atomic mass is 16.5. The van der Waals surface area contributed by atoms with Crippen LogP contribution in [0.3, 0.4) is 0 Å². The molecule has 18 heavy (non-hydrogen) atoms. The van der Waals surface area contributed by atoms with Gasteiger partial charge < -0.3 is 10.5 Å². The predicted molar refractivity (Wildman–Crippen MR) is 70.3 cm³/mol. The number of rotatable bonds is 3. The van der Waals surface area contributed by atoms with Crippen LogP contribution >= 0.6 is 0 Å². The van der Waals surface area contributed by atoms with Gasteiger partial charge in [-0.15, -0.1) is 0 Å². The monoisotopic (exact) mass is 240 g/mol. The highest BCUT2D eigenvalue weighted by molar-refractivity contribution is 5.40. The van der Waals surface area contributed by atoms with Crippen LogP contribution in [0.25, 0.3) is 0 Å². The van der Waals surface area contributed by atoms with E-state index in [-0.39, 0.29) is 6.04 Å². The van der Waals surface area contributed by atoms with Crippen LogP contribution < -0.4 is 10.5 Å². The third-order valence-corrected chi connectivity index (χ3v) is 3.39. The highest BCUT2D eigenvalue weighted by Crippen LogP contribution is 2.31. The maximum atomic E-state index is 6.01. The van der Waals surface area contributed by atoms with Crippen LogP contribution in [0, 0.1) is 0 Å². The van der Waals surface area contributed by atoms with E-state index in [0.29, 0.717) is 6.61 Å². The SMILES string of the molecule is N[C@@H]1CCc2cc(OCc3ccncc3)ccc21. The quantitative estimate of drug-likeness (QED) is 0.897. The van der Waals surface area contributed by atoms with Gasteiger partial charge in [-0.25, -0.2) is 0 Å². The van der Waals surface area contributed by atoms with Gasteiger partial charge in [0.25, 0.3) is 0 Å². The van der Waals surface area contributed by atoms with Gasteiger partial charge in [-0.05, 0) is 53.8 Å². The lowest BCUT2D eigenvalue weighted by Crippen LogP contribution is -2.05. The minimum atomic E-state index is 0.203. The van der Waals surface area contributed by atoms with Gasteiger partial charge in [0.1, 0.15) is 12.4 Å². The zero-order chi connectivity index (χ0) is 12.4. The van der Waals surface area contributed by atoms with E-state index in [1.807, 2.05) is 18.2 Å². The van der Waals surface area contributed by atoms with Gasteiger partial charge in [0.15, 0.2) is 0 Å². The molecule has 1 aliphatic carbocycles. The fourth-order valence-corrected chi connectivity index (χ4v) is 2.36. The van der Waals surface area contributed by atoms with E-state index >= 15 is 0 Å². The maximum Gasteiger partial charge on any atom is 0.120 e. The Morgan fingerprint density at radius 1 is 1.22 bits per heavy atom. The molecule has 1 heterocycles. The number of aryl methyl sites for hydroxylation is 1. The van der Waals surface area contributed by atoms with Crippen molar-refractivity contribution in [3.8, 4) is 5.75 Å². The summed E-state index contributed by atoms with van der Waals surface area (Å²) in [4.78, 5) is 3.99. The zero-order valence-electron chi connectivity index (χ0n) is 10.2. The lowest BCUT2D eigenvalue weighted by molar-refractivity contribution is 0.306. The molecule has 3 heteroatoms. The summed E-state index contributed by atoms with van der Waals surface area (Å²) >= 11 is 0.